The van der Waals surface area contributed by atoms with Crippen LogP contribution in [0.3, 0.4) is 0 Å². The fourth-order valence-corrected chi connectivity index (χ4v) is 4.08. The molecule has 7 heteroatoms. The lowest BCUT2D eigenvalue weighted by molar-refractivity contribution is -0.118. The van der Waals surface area contributed by atoms with Crippen LogP contribution in [0.15, 0.2) is 52.9 Å². The van der Waals surface area contributed by atoms with Crippen LogP contribution in [-0.4, -0.2) is 20.9 Å². The molecule has 0 saturated heterocycles. The lowest BCUT2D eigenvalue weighted by atomic mass is 10.1. The number of halogens is 1. The van der Waals surface area contributed by atoms with E-state index >= 15 is 0 Å². The van der Waals surface area contributed by atoms with E-state index in [0.29, 0.717) is 28.9 Å². The Hall–Kier alpha value is -2.44. The van der Waals surface area contributed by atoms with Gasteiger partial charge < -0.3 is 9.73 Å². The van der Waals surface area contributed by atoms with Crippen molar-refractivity contribution < 1.29 is 13.4 Å². The second kappa shape index (κ2) is 9.85. The predicted molar refractivity (Wildman–Crippen MR) is 116 cm³/mol. The quantitative estimate of drug-likeness (QED) is 0.573. The summed E-state index contributed by atoms with van der Waals surface area (Å²) in [5, 5.41) is 3.34. The van der Waals surface area contributed by atoms with Gasteiger partial charge in [0.2, 0.25) is 11.8 Å². The van der Waals surface area contributed by atoms with Crippen molar-refractivity contribution in [2.45, 2.75) is 32.6 Å². The number of benzene rings is 2. The lowest BCUT2D eigenvalue weighted by Gasteiger charge is -2.06. The van der Waals surface area contributed by atoms with Gasteiger partial charge in [0.25, 0.3) is 0 Å². The summed E-state index contributed by atoms with van der Waals surface area (Å²) in [7, 11) is -1.39. The monoisotopic (exact) mass is 430 g/mol. The maximum Gasteiger partial charge on any atom is 0.232 e. The maximum atomic E-state index is 12.4. The van der Waals surface area contributed by atoms with E-state index in [-0.39, 0.29) is 17.4 Å². The summed E-state index contributed by atoms with van der Waals surface area (Å²) in [6.07, 6.45) is 0.966. The van der Waals surface area contributed by atoms with Crippen LogP contribution in [-0.2, 0) is 34.3 Å². The maximum absolute atomic E-state index is 12.4. The van der Waals surface area contributed by atoms with E-state index in [0.717, 1.165) is 17.5 Å². The van der Waals surface area contributed by atoms with E-state index in [1.807, 2.05) is 42.5 Å². The van der Waals surface area contributed by atoms with Crippen molar-refractivity contribution in [1.82, 2.24) is 10.3 Å². The molecule has 3 rings (SSSR count). The van der Waals surface area contributed by atoms with Crippen molar-refractivity contribution in [3.05, 3.63) is 76.1 Å². The highest BCUT2D eigenvalue weighted by Crippen LogP contribution is 2.23. The van der Waals surface area contributed by atoms with Crippen molar-refractivity contribution in [3.63, 3.8) is 0 Å². The number of aryl methyl sites for hydroxylation is 2. The Bertz CT molecular complexity index is 1020. The van der Waals surface area contributed by atoms with E-state index in [1.54, 1.807) is 13.0 Å². The van der Waals surface area contributed by atoms with Crippen molar-refractivity contribution in [1.29, 1.82) is 0 Å². The van der Waals surface area contributed by atoms with Gasteiger partial charge >= 0.3 is 0 Å². The molecule has 0 bridgehead atoms. The molecule has 1 amide bonds. The molecule has 0 unspecified atom stereocenters. The largest absolute Gasteiger partial charge is 0.441 e. The molecule has 0 aliphatic carbocycles. The van der Waals surface area contributed by atoms with Crippen LogP contribution in [0.25, 0.3) is 11.5 Å². The Labute approximate surface area is 178 Å². The minimum atomic E-state index is -1.39. The summed E-state index contributed by atoms with van der Waals surface area (Å²) < 4.78 is 18.2. The number of rotatable bonds is 8. The fourth-order valence-electron chi connectivity index (χ4n) is 2.80. The summed E-state index contributed by atoms with van der Waals surface area (Å²) in [6, 6.07) is 15.3. The molecule has 152 valence electrons. The van der Waals surface area contributed by atoms with Crippen LogP contribution in [0.1, 0.15) is 29.5 Å². The van der Waals surface area contributed by atoms with Gasteiger partial charge in [0.1, 0.15) is 11.5 Å². The summed E-state index contributed by atoms with van der Waals surface area (Å²) in [4.78, 5) is 16.6. The normalized spacial score (nSPS) is 12.0. The minimum absolute atomic E-state index is 0.0999. The Morgan fingerprint density at radius 3 is 2.59 bits per heavy atom. The van der Waals surface area contributed by atoms with E-state index in [9.17, 15) is 9.00 Å². The van der Waals surface area contributed by atoms with E-state index < -0.39 is 10.8 Å². The van der Waals surface area contributed by atoms with Crippen LogP contribution < -0.4 is 5.32 Å². The van der Waals surface area contributed by atoms with Gasteiger partial charge in [-0.05, 0) is 42.7 Å². The zero-order valence-electron chi connectivity index (χ0n) is 16.4. The number of carbonyl (C=O) groups excluding carboxylic acids is 1. The Morgan fingerprint density at radius 2 is 1.90 bits per heavy atom. The number of amides is 1. The van der Waals surface area contributed by atoms with Crippen LogP contribution in [0.4, 0.5) is 0 Å². The molecule has 1 aromatic heterocycles. The topological polar surface area (TPSA) is 72.2 Å². The standard InChI is InChI=1S/C22H23ClN2O3S/c1-3-16-8-10-17(11-9-16)22-25-20(15(2)28-22)13-29(27)14-21(26)24-12-18-6-4-5-7-19(18)23/h4-11H,3,12-14H2,1-2H3,(H,24,26)/t29-/m0/s1. The lowest BCUT2D eigenvalue weighted by Crippen LogP contribution is -2.28. The van der Waals surface area contributed by atoms with Gasteiger partial charge in [0.05, 0.1) is 11.4 Å². The van der Waals surface area contributed by atoms with Gasteiger partial charge in [-0.25, -0.2) is 4.98 Å². The minimum Gasteiger partial charge on any atom is -0.441 e. The summed E-state index contributed by atoms with van der Waals surface area (Å²) >= 11 is 6.08. The molecule has 1 N–H and O–H groups in total. The Kier molecular flexibility index (Phi) is 7.23. The number of oxazole rings is 1. The van der Waals surface area contributed by atoms with Crippen molar-refractivity contribution in [2.24, 2.45) is 0 Å². The Morgan fingerprint density at radius 1 is 1.17 bits per heavy atom. The molecule has 0 radical (unpaired) electrons. The van der Waals surface area contributed by atoms with Crippen molar-refractivity contribution >= 4 is 28.3 Å². The molecule has 0 aliphatic rings. The average molecular weight is 431 g/mol. The number of hydrogen-bond acceptors (Lipinski definition) is 4. The average Bonchev–Trinajstić information content (AvgIpc) is 3.07. The van der Waals surface area contributed by atoms with Gasteiger partial charge in [-0.15, -0.1) is 0 Å². The number of nitrogens with zero attached hydrogens (tertiary/aromatic N) is 1. The van der Waals surface area contributed by atoms with Gasteiger partial charge in [-0.1, -0.05) is 48.9 Å². The third-order valence-electron chi connectivity index (χ3n) is 4.53. The second-order valence-electron chi connectivity index (χ2n) is 6.67. The fraction of sp³-hybridized carbons (Fsp3) is 0.273. The first-order valence-electron chi connectivity index (χ1n) is 9.37. The summed E-state index contributed by atoms with van der Waals surface area (Å²) in [6.45, 7) is 4.19. The van der Waals surface area contributed by atoms with Gasteiger partial charge in [-0.2, -0.15) is 0 Å². The zero-order chi connectivity index (χ0) is 20.8. The number of nitrogens with one attached hydrogen (secondary N) is 1. The molecule has 1 heterocycles. The third kappa shape index (κ3) is 5.78. The van der Waals surface area contributed by atoms with Crippen LogP contribution in [0.2, 0.25) is 5.02 Å². The molecule has 0 aliphatic heterocycles. The van der Waals surface area contributed by atoms with Crippen molar-refractivity contribution in [3.8, 4) is 11.5 Å². The van der Waals surface area contributed by atoms with Gasteiger partial charge in [0, 0.05) is 27.9 Å². The first-order chi connectivity index (χ1) is 14.0. The highest BCUT2D eigenvalue weighted by Gasteiger charge is 2.16. The molecular weight excluding hydrogens is 408 g/mol. The summed E-state index contributed by atoms with van der Waals surface area (Å²) in [5.74, 6) is 0.892. The SMILES string of the molecule is CCc1ccc(-c2nc(C[S@](=O)CC(=O)NCc3ccccc3Cl)c(C)o2)cc1. The molecule has 3 aromatic rings. The van der Waals surface area contributed by atoms with Crippen LogP contribution >= 0.6 is 11.6 Å². The number of carbonyl (C=O) groups is 1. The Balaban J connectivity index is 1.56. The molecule has 0 fully saturated rings. The van der Waals surface area contributed by atoms with E-state index in [2.05, 4.69) is 17.2 Å². The molecule has 29 heavy (non-hydrogen) atoms. The van der Waals surface area contributed by atoms with E-state index in [1.165, 1.54) is 5.56 Å². The number of hydrogen-bond donors (Lipinski definition) is 1. The van der Waals surface area contributed by atoms with E-state index in [4.69, 9.17) is 16.0 Å². The first kappa shape index (κ1) is 21.3. The smallest absolute Gasteiger partial charge is 0.232 e. The van der Waals surface area contributed by atoms with Crippen molar-refractivity contribution in [2.75, 3.05) is 5.75 Å². The molecule has 0 saturated carbocycles. The first-order valence-corrected chi connectivity index (χ1v) is 11.2. The molecule has 5 nitrogen and oxygen atoms in total. The van der Waals surface area contributed by atoms with Crippen LogP contribution in [0, 0.1) is 6.92 Å². The zero-order valence-corrected chi connectivity index (χ0v) is 18.0. The number of aromatic nitrogens is 1. The third-order valence-corrected chi connectivity index (χ3v) is 6.07. The molecule has 1 atom stereocenters. The molecular formula is C22H23ClN2O3S. The molecule has 0 spiro atoms. The highest BCUT2D eigenvalue weighted by atomic mass is 35.5. The van der Waals surface area contributed by atoms with Gasteiger partial charge in [-0.3, -0.25) is 9.00 Å². The predicted octanol–water partition coefficient (Wildman–Crippen LogP) is 4.43. The second-order valence-corrected chi connectivity index (χ2v) is 8.53. The summed E-state index contributed by atoms with van der Waals surface area (Å²) in [5.41, 5.74) is 3.54. The molecule has 2 aromatic carbocycles. The van der Waals surface area contributed by atoms with Gasteiger partial charge in [0.15, 0.2) is 0 Å². The van der Waals surface area contributed by atoms with Crippen LogP contribution in [0.5, 0.6) is 0 Å². The highest BCUT2D eigenvalue weighted by molar-refractivity contribution is 7.84.